The standard InChI is InChI=1S/C15H27N5/c1-11-13(6-7-16-3)12(2)18-15(17-11)14-10-19(4)8-9-20(14)5/h14,16H,6-10H2,1-5H3. The second-order valence-electron chi connectivity index (χ2n) is 5.84. The van der Waals surface area contributed by atoms with E-state index in [0.29, 0.717) is 6.04 Å². The molecule has 1 aromatic rings. The highest BCUT2D eigenvalue weighted by Gasteiger charge is 2.26. The fourth-order valence-electron chi connectivity index (χ4n) is 2.82. The number of nitrogens with zero attached hydrogens (tertiary/aromatic N) is 4. The summed E-state index contributed by atoms with van der Waals surface area (Å²) in [4.78, 5) is 14.3. The summed E-state index contributed by atoms with van der Waals surface area (Å²) in [7, 11) is 6.31. The summed E-state index contributed by atoms with van der Waals surface area (Å²) in [6.45, 7) is 8.38. The topological polar surface area (TPSA) is 44.3 Å². The molecule has 1 aliphatic rings. The average molecular weight is 277 g/mol. The Bertz CT molecular complexity index is 437. The molecular formula is C15H27N5. The lowest BCUT2D eigenvalue weighted by Gasteiger charge is -2.37. The minimum absolute atomic E-state index is 0.310. The Morgan fingerprint density at radius 1 is 1.15 bits per heavy atom. The van der Waals surface area contributed by atoms with E-state index in [0.717, 1.165) is 49.8 Å². The summed E-state index contributed by atoms with van der Waals surface area (Å²) < 4.78 is 0. The van der Waals surface area contributed by atoms with Gasteiger partial charge in [-0.15, -0.1) is 0 Å². The fourth-order valence-corrected chi connectivity index (χ4v) is 2.82. The molecule has 0 aliphatic carbocycles. The Morgan fingerprint density at radius 3 is 2.40 bits per heavy atom. The van der Waals surface area contributed by atoms with Crippen LogP contribution < -0.4 is 5.32 Å². The van der Waals surface area contributed by atoms with Crippen LogP contribution in [0.25, 0.3) is 0 Å². The van der Waals surface area contributed by atoms with Crippen LogP contribution in [0.4, 0.5) is 0 Å². The first-order chi connectivity index (χ1) is 9.52. The molecule has 1 saturated heterocycles. The predicted octanol–water partition coefficient (Wildman–Crippen LogP) is 0.774. The number of likely N-dealkylation sites (N-methyl/N-ethyl adjacent to an activating group) is 3. The quantitative estimate of drug-likeness (QED) is 0.881. The zero-order valence-corrected chi connectivity index (χ0v) is 13.4. The van der Waals surface area contributed by atoms with Gasteiger partial charge in [0.1, 0.15) is 5.82 Å². The first kappa shape index (κ1) is 15.4. The molecule has 2 heterocycles. The van der Waals surface area contributed by atoms with Crippen LogP contribution in [0.5, 0.6) is 0 Å². The Kier molecular flexibility index (Phi) is 5.07. The van der Waals surface area contributed by atoms with Crippen LogP contribution in [0.1, 0.15) is 28.8 Å². The Labute approximate surface area is 122 Å². The van der Waals surface area contributed by atoms with E-state index >= 15 is 0 Å². The third-order valence-corrected chi connectivity index (χ3v) is 4.21. The van der Waals surface area contributed by atoms with Gasteiger partial charge in [-0.1, -0.05) is 0 Å². The molecule has 0 amide bonds. The van der Waals surface area contributed by atoms with Gasteiger partial charge in [-0.2, -0.15) is 0 Å². The number of hydrogen-bond acceptors (Lipinski definition) is 5. The Balaban J connectivity index is 2.24. The molecule has 0 radical (unpaired) electrons. The van der Waals surface area contributed by atoms with Crippen LogP contribution in [0.2, 0.25) is 0 Å². The highest BCUT2D eigenvalue weighted by molar-refractivity contribution is 5.25. The number of aryl methyl sites for hydroxylation is 2. The number of nitrogens with one attached hydrogen (secondary N) is 1. The number of piperazine rings is 1. The van der Waals surface area contributed by atoms with Crippen LogP contribution in [0, 0.1) is 13.8 Å². The van der Waals surface area contributed by atoms with E-state index in [9.17, 15) is 0 Å². The number of aromatic nitrogens is 2. The van der Waals surface area contributed by atoms with Crippen molar-refractivity contribution in [2.45, 2.75) is 26.3 Å². The van der Waals surface area contributed by atoms with E-state index in [2.05, 4.69) is 43.1 Å². The lowest BCUT2D eigenvalue weighted by molar-refractivity contribution is 0.109. The molecule has 1 N–H and O–H groups in total. The van der Waals surface area contributed by atoms with Crippen molar-refractivity contribution < 1.29 is 0 Å². The van der Waals surface area contributed by atoms with Crippen molar-refractivity contribution in [1.29, 1.82) is 0 Å². The summed E-state index contributed by atoms with van der Waals surface area (Å²) in [5, 5.41) is 3.19. The number of rotatable bonds is 4. The smallest absolute Gasteiger partial charge is 0.147 e. The molecule has 1 unspecified atom stereocenters. The van der Waals surface area contributed by atoms with Crippen LogP contribution >= 0.6 is 0 Å². The average Bonchev–Trinajstić information content (AvgIpc) is 2.40. The van der Waals surface area contributed by atoms with E-state index < -0.39 is 0 Å². The summed E-state index contributed by atoms with van der Waals surface area (Å²) in [5.41, 5.74) is 3.55. The van der Waals surface area contributed by atoms with Crippen molar-refractivity contribution >= 4 is 0 Å². The third-order valence-electron chi connectivity index (χ3n) is 4.21. The van der Waals surface area contributed by atoms with Gasteiger partial charge in [0, 0.05) is 31.0 Å². The van der Waals surface area contributed by atoms with E-state index in [4.69, 9.17) is 9.97 Å². The first-order valence-electron chi connectivity index (χ1n) is 7.40. The van der Waals surface area contributed by atoms with Gasteiger partial charge in [0.25, 0.3) is 0 Å². The Hall–Kier alpha value is -1.04. The second kappa shape index (κ2) is 6.61. The van der Waals surface area contributed by atoms with Crippen LogP contribution in [-0.2, 0) is 6.42 Å². The molecule has 2 rings (SSSR count). The van der Waals surface area contributed by atoms with E-state index in [1.807, 2.05) is 7.05 Å². The van der Waals surface area contributed by atoms with Crippen LogP contribution in [0.3, 0.4) is 0 Å². The van der Waals surface area contributed by atoms with Gasteiger partial charge in [-0.3, -0.25) is 4.90 Å². The van der Waals surface area contributed by atoms with Gasteiger partial charge in [-0.25, -0.2) is 9.97 Å². The van der Waals surface area contributed by atoms with Crippen molar-refractivity contribution in [3.63, 3.8) is 0 Å². The molecule has 1 fully saturated rings. The lowest BCUT2D eigenvalue weighted by Crippen LogP contribution is -2.45. The molecule has 0 spiro atoms. The SMILES string of the molecule is CNCCc1c(C)nc(C2CN(C)CCN2C)nc1C. The molecule has 1 aliphatic heterocycles. The second-order valence-corrected chi connectivity index (χ2v) is 5.84. The van der Waals surface area contributed by atoms with Gasteiger partial charge in [0.2, 0.25) is 0 Å². The van der Waals surface area contributed by atoms with E-state index in [-0.39, 0.29) is 0 Å². The van der Waals surface area contributed by atoms with Crippen molar-refractivity contribution in [2.75, 3.05) is 47.3 Å². The maximum absolute atomic E-state index is 4.79. The van der Waals surface area contributed by atoms with Gasteiger partial charge >= 0.3 is 0 Å². The summed E-state index contributed by atoms with van der Waals surface area (Å²) in [6, 6.07) is 0.310. The predicted molar refractivity (Wildman–Crippen MR) is 82.0 cm³/mol. The van der Waals surface area contributed by atoms with Crippen molar-refractivity contribution in [3.8, 4) is 0 Å². The molecule has 20 heavy (non-hydrogen) atoms. The molecule has 1 atom stereocenters. The van der Waals surface area contributed by atoms with Gasteiger partial charge in [-0.05, 0) is 53.5 Å². The molecule has 112 valence electrons. The first-order valence-corrected chi connectivity index (χ1v) is 7.40. The summed E-state index contributed by atoms with van der Waals surface area (Å²) >= 11 is 0. The van der Waals surface area contributed by atoms with Crippen LogP contribution in [-0.4, -0.2) is 67.1 Å². The highest BCUT2D eigenvalue weighted by atomic mass is 15.3. The van der Waals surface area contributed by atoms with Crippen molar-refractivity contribution in [1.82, 2.24) is 25.1 Å². The van der Waals surface area contributed by atoms with Gasteiger partial charge in [0.15, 0.2) is 0 Å². The van der Waals surface area contributed by atoms with Crippen LogP contribution in [0.15, 0.2) is 0 Å². The lowest BCUT2D eigenvalue weighted by atomic mass is 10.1. The molecule has 5 heteroatoms. The highest BCUT2D eigenvalue weighted by Crippen LogP contribution is 2.22. The van der Waals surface area contributed by atoms with Crippen molar-refractivity contribution in [2.24, 2.45) is 0 Å². The zero-order valence-electron chi connectivity index (χ0n) is 13.4. The molecular weight excluding hydrogens is 250 g/mol. The maximum Gasteiger partial charge on any atom is 0.147 e. The summed E-state index contributed by atoms with van der Waals surface area (Å²) in [5.74, 6) is 0.974. The minimum Gasteiger partial charge on any atom is -0.319 e. The fraction of sp³-hybridized carbons (Fsp3) is 0.733. The van der Waals surface area contributed by atoms with E-state index in [1.165, 1.54) is 5.56 Å². The molecule has 0 saturated carbocycles. The number of hydrogen-bond donors (Lipinski definition) is 1. The monoisotopic (exact) mass is 277 g/mol. The maximum atomic E-state index is 4.79. The van der Waals surface area contributed by atoms with E-state index in [1.54, 1.807) is 0 Å². The van der Waals surface area contributed by atoms with Gasteiger partial charge in [0.05, 0.1) is 6.04 Å². The molecule has 5 nitrogen and oxygen atoms in total. The normalized spacial score (nSPS) is 21.4. The third kappa shape index (κ3) is 3.34. The molecule has 0 aromatic carbocycles. The summed E-state index contributed by atoms with van der Waals surface area (Å²) in [6.07, 6.45) is 0.995. The molecule has 1 aromatic heterocycles. The molecule has 0 bridgehead atoms. The zero-order chi connectivity index (χ0) is 14.7. The minimum atomic E-state index is 0.310. The largest absolute Gasteiger partial charge is 0.319 e. The Morgan fingerprint density at radius 2 is 1.80 bits per heavy atom. The van der Waals surface area contributed by atoms with Crippen molar-refractivity contribution in [3.05, 3.63) is 22.8 Å². The van der Waals surface area contributed by atoms with Gasteiger partial charge < -0.3 is 10.2 Å².